The molecule has 2 aliphatic rings. The normalized spacial score (nSPS) is 21.0. The van der Waals surface area contributed by atoms with Crippen LogP contribution in [-0.2, 0) is 20.9 Å². The summed E-state index contributed by atoms with van der Waals surface area (Å²) in [7, 11) is 0. The average molecular weight is 556 g/mol. The summed E-state index contributed by atoms with van der Waals surface area (Å²) in [4.78, 5) is 30.7. The first-order chi connectivity index (χ1) is 19.2. The van der Waals surface area contributed by atoms with Crippen molar-refractivity contribution >= 4 is 11.8 Å². The monoisotopic (exact) mass is 555 g/mol. The lowest BCUT2D eigenvalue weighted by molar-refractivity contribution is -0.144. The van der Waals surface area contributed by atoms with Crippen molar-refractivity contribution in [1.82, 2.24) is 24.9 Å². The van der Waals surface area contributed by atoms with Crippen molar-refractivity contribution in [2.45, 2.75) is 58.8 Å². The predicted octanol–water partition coefficient (Wildman–Crippen LogP) is 1.92. The molecule has 2 saturated heterocycles. The Labute approximate surface area is 237 Å². The fourth-order valence-corrected chi connectivity index (χ4v) is 6.04. The maximum atomic E-state index is 13.4. The number of likely N-dealkylation sites (tertiary alicyclic amines) is 1. The van der Waals surface area contributed by atoms with Crippen LogP contribution in [0.1, 0.15) is 45.7 Å². The zero-order valence-electron chi connectivity index (χ0n) is 24.2. The summed E-state index contributed by atoms with van der Waals surface area (Å²) in [6, 6.07) is 8.32. The number of aliphatic hydroxyl groups excluding tert-OH is 2. The zero-order chi connectivity index (χ0) is 28.8. The van der Waals surface area contributed by atoms with Gasteiger partial charge in [-0.2, -0.15) is 5.10 Å². The number of rotatable bonds is 11. The van der Waals surface area contributed by atoms with Crippen molar-refractivity contribution in [3.05, 3.63) is 42.1 Å². The predicted molar refractivity (Wildman–Crippen MR) is 152 cm³/mol. The van der Waals surface area contributed by atoms with Gasteiger partial charge in [0.1, 0.15) is 6.04 Å². The van der Waals surface area contributed by atoms with Crippen LogP contribution >= 0.6 is 0 Å². The Morgan fingerprint density at radius 2 is 1.73 bits per heavy atom. The van der Waals surface area contributed by atoms with Crippen LogP contribution in [-0.4, -0.2) is 99.8 Å². The molecule has 10 heteroatoms. The molecule has 220 valence electrons. The molecule has 2 fully saturated rings. The number of carbonyl (C=O) groups is 2. The highest BCUT2D eigenvalue weighted by molar-refractivity contribution is 5.89. The molecule has 40 heavy (non-hydrogen) atoms. The molecule has 2 aromatic rings. The van der Waals surface area contributed by atoms with Gasteiger partial charge >= 0.3 is 0 Å². The third-order valence-electron chi connectivity index (χ3n) is 8.14. The van der Waals surface area contributed by atoms with Gasteiger partial charge in [-0.05, 0) is 29.0 Å². The number of carbonyl (C=O) groups excluding carboxylic acids is 2. The third-order valence-corrected chi connectivity index (χ3v) is 8.14. The van der Waals surface area contributed by atoms with Crippen molar-refractivity contribution in [3.8, 4) is 11.3 Å². The lowest BCUT2D eigenvalue weighted by atomic mass is 9.84. The summed E-state index contributed by atoms with van der Waals surface area (Å²) in [6.07, 6.45) is 1.23. The van der Waals surface area contributed by atoms with Crippen molar-refractivity contribution in [2.75, 3.05) is 46.0 Å². The smallest absolute Gasteiger partial charge is 0.243 e. The van der Waals surface area contributed by atoms with Gasteiger partial charge in [-0.15, -0.1) is 0 Å². The molecule has 2 aliphatic heterocycles. The SMILES string of the molecule is CC(C)C(C(=O)N1C[C@H](O)C[C@H]1C(=O)N[C@@H](CO)c1ccc(-c2ccnn2CCN2CCOCC2)cc1)C(C)C. The molecule has 1 aromatic heterocycles. The van der Waals surface area contributed by atoms with E-state index in [2.05, 4.69) is 15.3 Å². The van der Waals surface area contributed by atoms with Gasteiger partial charge in [0.2, 0.25) is 11.8 Å². The minimum absolute atomic E-state index is 0.100. The summed E-state index contributed by atoms with van der Waals surface area (Å²) in [5, 5.41) is 27.9. The fraction of sp³-hybridized carbons (Fsp3) is 0.633. The minimum Gasteiger partial charge on any atom is -0.394 e. The maximum Gasteiger partial charge on any atom is 0.243 e. The standard InChI is InChI=1S/C30H45N5O5/c1-20(2)28(21(3)4)30(39)34-18-24(37)17-27(34)29(38)32-25(19-36)22-5-7-23(8-6-22)26-9-10-31-35(26)12-11-33-13-15-40-16-14-33/h5-10,20-21,24-25,27-28,36-37H,11-19H2,1-4H3,(H,32,38)/t24-,25+,27+/m1/s1. The zero-order valence-corrected chi connectivity index (χ0v) is 24.2. The fourth-order valence-electron chi connectivity index (χ4n) is 6.04. The molecule has 0 saturated carbocycles. The highest BCUT2D eigenvalue weighted by Gasteiger charge is 2.42. The molecule has 0 bridgehead atoms. The molecular formula is C30H45N5O5. The van der Waals surface area contributed by atoms with Crippen molar-refractivity contribution in [1.29, 1.82) is 0 Å². The van der Waals surface area contributed by atoms with Crippen LogP contribution in [0.15, 0.2) is 36.5 Å². The quantitative estimate of drug-likeness (QED) is 0.388. The number of hydrogen-bond acceptors (Lipinski definition) is 7. The van der Waals surface area contributed by atoms with E-state index in [1.807, 2.05) is 62.7 Å². The summed E-state index contributed by atoms with van der Waals surface area (Å²) < 4.78 is 7.43. The summed E-state index contributed by atoms with van der Waals surface area (Å²) in [5.41, 5.74) is 2.76. The van der Waals surface area contributed by atoms with Crippen molar-refractivity contribution < 1.29 is 24.5 Å². The second-order valence-corrected chi connectivity index (χ2v) is 11.7. The molecule has 0 aliphatic carbocycles. The number of nitrogens with zero attached hydrogens (tertiary/aromatic N) is 4. The van der Waals surface area contributed by atoms with Gasteiger partial charge in [0.05, 0.1) is 44.2 Å². The Bertz CT molecular complexity index is 1100. The number of amides is 2. The van der Waals surface area contributed by atoms with Gasteiger partial charge in [-0.25, -0.2) is 0 Å². The van der Waals surface area contributed by atoms with Crippen LogP contribution in [0.5, 0.6) is 0 Å². The van der Waals surface area contributed by atoms with Gasteiger partial charge in [-0.3, -0.25) is 19.2 Å². The second kappa shape index (κ2) is 13.7. The van der Waals surface area contributed by atoms with Crippen molar-refractivity contribution in [2.24, 2.45) is 17.8 Å². The summed E-state index contributed by atoms with van der Waals surface area (Å²) in [5.74, 6) is -0.455. The molecule has 3 atom stereocenters. The van der Waals surface area contributed by atoms with Crippen LogP contribution in [0.25, 0.3) is 11.3 Å². The van der Waals surface area contributed by atoms with E-state index >= 15 is 0 Å². The summed E-state index contributed by atoms with van der Waals surface area (Å²) in [6.45, 7) is 13.0. The highest BCUT2D eigenvalue weighted by Crippen LogP contribution is 2.29. The lowest BCUT2D eigenvalue weighted by Gasteiger charge is -2.32. The number of morpholine rings is 1. The first-order valence-corrected chi connectivity index (χ1v) is 14.5. The number of nitrogens with one attached hydrogen (secondary N) is 1. The molecule has 10 nitrogen and oxygen atoms in total. The highest BCUT2D eigenvalue weighted by atomic mass is 16.5. The number of ether oxygens (including phenoxy) is 1. The van der Waals surface area contributed by atoms with E-state index in [1.54, 1.807) is 6.20 Å². The first-order valence-electron chi connectivity index (χ1n) is 14.5. The molecule has 0 unspecified atom stereocenters. The molecule has 3 N–H and O–H groups in total. The molecule has 3 heterocycles. The number of aliphatic hydroxyl groups is 2. The molecule has 2 amide bonds. The molecule has 0 radical (unpaired) electrons. The van der Waals surface area contributed by atoms with Crippen molar-refractivity contribution in [3.63, 3.8) is 0 Å². The lowest BCUT2D eigenvalue weighted by Crippen LogP contribution is -2.50. The summed E-state index contributed by atoms with van der Waals surface area (Å²) >= 11 is 0. The van der Waals surface area contributed by atoms with E-state index in [0.717, 1.165) is 56.2 Å². The number of aromatic nitrogens is 2. The van der Waals surface area contributed by atoms with E-state index < -0.39 is 18.2 Å². The topological polar surface area (TPSA) is 120 Å². The third kappa shape index (κ3) is 7.09. The van der Waals surface area contributed by atoms with Gasteiger partial charge in [-0.1, -0.05) is 52.0 Å². The van der Waals surface area contributed by atoms with Crippen LogP contribution < -0.4 is 5.32 Å². The van der Waals surface area contributed by atoms with Gasteiger partial charge in [0.15, 0.2) is 0 Å². The Hall–Kier alpha value is -2.79. The maximum absolute atomic E-state index is 13.4. The van der Waals surface area contributed by atoms with E-state index in [4.69, 9.17) is 4.74 Å². The average Bonchev–Trinajstić information content (AvgIpc) is 3.57. The number of hydrogen-bond donors (Lipinski definition) is 3. The van der Waals surface area contributed by atoms with Crippen LogP contribution in [0, 0.1) is 17.8 Å². The van der Waals surface area contributed by atoms with Gasteiger partial charge in [0.25, 0.3) is 0 Å². The molecule has 1 aromatic carbocycles. The van der Waals surface area contributed by atoms with Gasteiger partial charge in [0, 0.05) is 44.7 Å². The van der Waals surface area contributed by atoms with E-state index in [0.29, 0.717) is 0 Å². The Balaban J connectivity index is 1.42. The van der Waals surface area contributed by atoms with Crippen LogP contribution in [0.4, 0.5) is 0 Å². The molecule has 0 spiro atoms. The Morgan fingerprint density at radius 3 is 2.35 bits per heavy atom. The molecular weight excluding hydrogens is 510 g/mol. The van der Waals surface area contributed by atoms with E-state index in [9.17, 15) is 19.8 Å². The number of benzene rings is 1. The Kier molecular flexibility index (Phi) is 10.3. The van der Waals surface area contributed by atoms with E-state index in [1.165, 1.54) is 4.90 Å². The van der Waals surface area contributed by atoms with Crippen LogP contribution in [0.2, 0.25) is 0 Å². The Morgan fingerprint density at radius 1 is 1.05 bits per heavy atom. The number of β-amino-alcohol motifs (C(OH)–C–C–N with tert-alkyl or cyclic N) is 1. The molecule has 4 rings (SSSR count). The van der Waals surface area contributed by atoms with Gasteiger partial charge < -0.3 is 25.2 Å². The largest absolute Gasteiger partial charge is 0.394 e. The second-order valence-electron chi connectivity index (χ2n) is 11.7. The minimum atomic E-state index is -0.767. The first kappa shape index (κ1) is 30.2. The van der Waals surface area contributed by atoms with Crippen LogP contribution in [0.3, 0.4) is 0 Å². The van der Waals surface area contributed by atoms with E-state index in [-0.39, 0.29) is 49.1 Å².